The Labute approximate surface area is 139 Å². The molecule has 6 nitrogen and oxygen atoms in total. The lowest BCUT2D eigenvalue weighted by atomic mass is 10.0. The molecule has 0 radical (unpaired) electrons. The summed E-state index contributed by atoms with van der Waals surface area (Å²) in [4.78, 5) is 16.1. The molecule has 0 unspecified atom stereocenters. The smallest absolute Gasteiger partial charge is 0.272 e. The number of amides is 1. The van der Waals surface area contributed by atoms with Crippen molar-refractivity contribution < 1.29 is 4.79 Å². The maximum Gasteiger partial charge on any atom is 0.289 e. The first kappa shape index (κ1) is 15.6. The third kappa shape index (κ3) is 3.55. The highest BCUT2D eigenvalue weighted by atomic mass is 16.2. The molecule has 3 rings (SSSR count). The molecule has 24 heavy (non-hydrogen) atoms. The van der Waals surface area contributed by atoms with Crippen LogP contribution in [0.5, 0.6) is 0 Å². The predicted octanol–water partition coefficient (Wildman–Crippen LogP) is 2.85. The molecule has 6 heteroatoms. The summed E-state index contributed by atoms with van der Waals surface area (Å²) in [6.07, 6.45) is 4.87. The monoisotopic (exact) mass is 319 g/mol. The van der Waals surface area contributed by atoms with Crippen molar-refractivity contribution in [2.75, 3.05) is 0 Å². The van der Waals surface area contributed by atoms with Crippen molar-refractivity contribution in [3.63, 3.8) is 0 Å². The second kappa shape index (κ2) is 6.87. The van der Waals surface area contributed by atoms with Gasteiger partial charge in [-0.1, -0.05) is 18.2 Å². The zero-order chi connectivity index (χ0) is 16.9. The van der Waals surface area contributed by atoms with Crippen LogP contribution in [-0.2, 0) is 0 Å². The topological polar surface area (TPSA) is 83.0 Å². The van der Waals surface area contributed by atoms with Gasteiger partial charge in [-0.15, -0.1) is 0 Å². The summed E-state index contributed by atoms with van der Waals surface area (Å²) in [7, 11) is 0. The number of hydrazone groups is 1. The quantitative estimate of drug-likeness (QED) is 0.573. The second-order valence-electron chi connectivity index (χ2n) is 5.45. The van der Waals surface area contributed by atoms with Crippen molar-refractivity contribution in [1.82, 2.24) is 20.6 Å². The number of aryl methyl sites for hydroxylation is 2. The number of aromatic amines is 1. The summed E-state index contributed by atoms with van der Waals surface area (Å²) in [5.74, 6) is -0.349. The van der Waals surface area contributed by atoms with E-state index in [-0.39, 0.29) is 5.91 Å². The molecule has 3 aromatic rings. The van der Waals surface area contributed by atoms with Gasteiger partial charge in [0, 0.05) is 23.5 Å². The Bertz CT molecular complexity index is 883. The number of aromatic nitrogens is 3. The molecule has 0 aliphatic rings. The van der Waals surface area contributed by atoms with Crippen molar-refractivity contribution in [2.24, 2.45) is 5.10 Å². The van der Waals surface area contributed by atoms with Crippen molar-refractivity contribution in [2.45, 2.75) is 13.8 Å². The molecule has 0 saturated heterocycles. The van der Waals surface area contributed by atoms with Gasteiger partial charge in [0.2, 0.25) is 0 Å². The summed E-state index contributed by atoms with van der Waals surface area (Å²) in [6.45, 7) is 4.11. The van der Waals surface area contributed by atoms with E-state index in [0.717, 1.165) is 16.8 Å². The van der Waals surface area contributed by atoms with Gasteiger partial charge in [0.05, 0.1) is 11.9 Å². The van der Waals surface area contributed by atoms with E-state index in [4.69, 9.17) is 0 Å². The lowest BCUT2D eigenvalue weighted by Gasteiger charge is -2.01. The number of pyridine rings is 1. The summed E-state index contributed by atoms with van der Waals surface area (Å²) < 4.78 is 0. The number of hydrogen-bond donors (Lipinski definition) is 2. The average molecular weight is 319 g/mol. The Morgan fingerprint density at radius 2 is 2.08 bits per heavy atom. The third-order valence-electron chi connectivity index (χ3n) is 3.69. The zero-order valence-corrected chi connectivity index (χ0v) is 13.4. The molecule has 0 fully saturated rings. The fraction of sp³-hybridized carbons (Fsp3) is 0.111. The predicted molar refractivity (Wildman–Crippen MR) is 92.8 cm³/mol. The van der Waals surface area contributed by atoms with E-state index in [1.807, 2.05) is 31.2 Å². The van der Waals surface area contributed by atoms with Gasteiger partial charge in [0.15, 0.2) is 0 Å². The molecule has 0 bridgehead atoms. The first-order valence-corrected chi connectivity index (χ1v) is 7.50. The van der Waals surface area contributed by atoms with E-state index >= 15 is 0 Å². The standard InChI is InChI=1S/C18H17N5O/c1-12-5-6-15(8-13(12)2)16-9-17(22-21-16)18(24)23-20-11-14-4-3-7-19-10-14/h3-11H,1-2H3,(H,21,22)(H,23,24). The van der Waals surface area contributed by atoms with Crippen LogP contribution < -0.4 is 5.43 Å². The number of nitrogens with zero attached hydrogens (tertiary/aromatic N) is 3. The molecule has 120 valence electrons. The highest BCUT2D eigenvalue weighted by molar-refractivity contribution is 5.94. The molecular formula is C18H17N5O. The molecule has 2 heterocycles. The lowest BCUT2D eigenvalue weighted by molar-refractivity contribution is 0.0950. The maximum atomic E-state index is 12.1. The summed E-state index contributed by atoms with van der Waals surface area (Å²) in [6, 6.07) is 11.4. The van der Waals surface area contributed by atoms with Gasteiger partial charge in [0.25, 0.3) is 5.91 Å². The van der Waals surface area contributed by atoms with Gasteiger partial charge in [-0.3, -0.25) is 14.9 Å². The Kier molecular flexibility index (Phi) is 4.47. The van der Waals surface area contributed by atoms with E-state index in [0.29, 0.717) is 5.69 Å². The molecule has 0 atom stereocenters. The number of hydrogen-bond acceptors (Lipinski definition) is 4. The van der Waals surface area contributed by atoms with Crippen LogP contribution in [-0.4, -0.2) is 27.3 Å². The summed E-state index contributed by atoms with van der Waals surface area (Å²) in [5, 5.41) is 10.8. The number of rotatable bonds is 4. The van der Waals surface area contributed by atoms with Gasteiger partial charge in [-0.2, -0.15) is 10.2 Å². The van der Waals surface area contributed by atoms with E-state index in [9.17, 15) is 4.79 Å². The third-order valence-corrected chi connectivity index (χ3v) is 3.69. The van der Waals surface area contributed by atoms with E-state index < -0.39 is 0 Å². The van der Waals surface area contributed by atoms with Gasteiger partial charge in [-0.05, 0) is 43.2 Å². The van der Waals surface area contributed by atoms with Crippen LogP contribution in [0.3, 0.4) is 0 Å². The fourth-order valence-corrected chi connectivity index (χ4v) is 2.16. The maximum absolute atomic E-state index is 12.1. The highest BCUT2D eigenvalue weighted by Gasteiger charge is 2.10. The van der Waals surface area contributed by atoms with E-state index in [1.54, 1.807) is 24.5 Å². The highest BCUT2D eigenvalue weighted by Crippen LogP contribution is 2.20. The van der Waals surface area contributed by atoms with Crippen LogP contribution in [0.2, 0.25) is 0 Å². The molecular weight excluding hydrogens is 302 g/mol. The van der Waals surface area contributed by atoms with Crippen LogP contribution >= 0.6 is 0 Å². The van der Waals surface area contributed by atoms with Gasteiger partial charge < -0.3 is 0 Å². The minimum atomic E-state index is -0.349. The molecule has 0 aliphatic heterocycles. The SMILES string of the molecule is Cc1ccc(-c2cc(C(=O)NN=Cc3cccnc3)[nH]n2)cc1C. The van der Waals surface area contributed by atoms with E-state index in [1.165, 1.54) is 17.3 Å². The Hall–Kier alpha value is -3.28. The molecule has 2 N–H and O–H groups in total. The largest absolute Gasteiger partial charge is 0.289 e. The Morgan fingerprint density at radius 1 is 1.21 bits per heavy atom. The number of nitrogens with one attached hydrogen (secondary N) is 2. The molecule has 0 aliphatic carbocycles. The molecule has 1 amide bonds. The Morgan fingerprint density at radius 3 is 2.83 bits per heavy atom. The second-order valence-corrected chi connectivity index (χ2v) is 5.45. The van der Waals surface area contributed by atoms with Crippen molar-refractivity contribution in [3.8, 4) is 11.3 Å². The number of H-pyrrole nitrogens is 1. The van der Waals surface area contributed by atoms with Crippen molar-refractivity contribution in [3.05, 3.63) is 71.2 Å². The number of carbonyl (C=O) groups is 1. The van der Waals surface area contributed by atoms with Gasteiger partial charge >= 0.3 is 0 Å². The lowest BCUT2D eigenvalue weighted by Crippen LogP contribution is -2.18. The van der Waals surface area contributed by atoms with E-state index in [2.05, 4.69) is 32.6 Å². The number of carbonyl (C=O) groups excluding carboxylic acids is 1. The zero-order valence-electron chi connectivity index (χ0n) is 13.4. The fourth-order valence-electron chi connectivity index (χ4n) is 2.16. The summed E-state index contributed by atoms with van der Waals surface area (Å²) >= 11 is 0. The van der Waals surface area contributed by atoms with Crippen molar-refractivity contribution >= 4 is 12.1 Å². The first-order chi connectivity index (χ1) is 11.6. The Balaban J connectivity index is 1.69. The first-order valence-electron chi connectivity index (χ1n) is 7.50. The van der Waals surface area contributed by atoms with Crippen LogP contribution in [0, 0.1) is 13.8 Å². The minimum Gasteiger partial charge on any atom is -0.272 e. The van der Waals surface area contributed by atoms with Crippen LogP contribution in [0.15, 0.2) is 53.9 Å². The molecule has 0 saturated carbocycles. The van der Waals surface area contributed by atoms with Crippen LogP contribution in [0.25, 0.3) is 11.3 Å². The van der Waals surface area contributed by atoms with Gasteiger partial charge in [0.1, 0.15) is 5.69 Å². The van der Waals surface area contributed by atoms with Gasteiger partial charge in [-0.25, -0.2) is 5.43 Å². The number of benzene rings is 1. The molecule has 1 aromatic carbocycles. The van der Waals surface area contributed by atoms with Crippen LogP contribution in [0.4, 0.5) is 0 Å². The normalized spacial score (nSPS) is 10.9. The minimum absolute atomic E-state index is 0.349. The van der Waals surface area contributed by atoms with Crippen LogP contribution in [0.1, 0.15) is 27.2 Å². The van der Waals surface area contributed by atoms with Crippen molar-refractivity contribution in [1.29, 1.82) is 0 Å². The molecule has 0 spiro atoms. The summed E-state index contributed by atoms with van der Waals surface area (Å²) in [5.41, 5.74) is 7.71. The molecule has 2 aromatic heterocycles. The average Bonchev–Trinajstić information content (AvgIpc) is 3.08.